The van der Waals surface area contributed by atoms with Gasteiger partial charge in [-0.1, -0.05) is 12.1 Å². The maximum absolute atomic E-state index is 9.81. The van der Waals surface area contributed by atoms with Crippen LogP contribution in [0.5, 0.6) is 5.75 Å². The van der Waals surface area contributed by atoms with Crippen LogP contribution >= 0.6 is 0 Å². The number of benzene rings is 1. The molecule has 3 N–H and O–H groups in total. The summed E-state index contributed by atoms with van der Waals surface area (Å²) in [6, 6.07) is 5.63. The second-order valence-corrected chi connectivity index (χ2v) is 3.65. The van der Waals surface area contributed by atoms with Gasteiger partial charge in [0.2, 0.25) is 0 Å². The summed E-state index contributed by atoms with van der Waals surface area (Å²) in [7, 11) is 0. The second kappa shape index (κ2) is 3.95. The molecule has 1 heterocycles. The van der Waals surface area contributed by atoms with Crippen molar-refractivity contribution in [2.24, 2.45) is 5.73 Å². The number of rotatable bonds is 3. The molecule has 2 aromatic rings. The predicted molar refractivity (Wildman–Crippen MR) is 62.0 cm³/mol. The Morgan fingerprint density at radius 2 is 2.20 bits per heavy atom. The third-order valence-corrected chi connectivity index (χ3v) is 2.71. The molecule has 2 rings (SSSR count). The molecule has 1 aromatic heterocycles. The molecule has 15 heavy (non-hydrogen) atoms. The van der Waals surface area contributed by atoms with E-state index in [4.69, 9.17) is 5.73 Å². The van der Waals surface area contributed by atoms with Gasteiger partial charge in [0.25, 0.3) is 0 Å². The van der Waals surface area contributed by atoms with Crippen molar-refractivity contribution >= 4 is 10.9 Å². The van der Waals surface area contributed by atoms with E-state index in [2.05, 4.69) is 17.7 Å². The molecule has 0 spiro atoms. The number of hydrogen-bond donors (Lipinski definition) is 2. The summed E-state index contributed by atoms with van der Waals surface area (Å²) in [6.45, 7) is 3.56. The third kappa shape index (κ3) is 1.59. The Kier molecular flexibility index (Phi) is 2.64. The Labute approximate surface area is 89.1 Å². The minimum atomic E-state index is 0.345. The number of nitrogens with two attached hydrogens (primary N) is 1. The molecule has 0 fully saturated rings. The smallest absolute Gasteiger partial charge is 0.139 e. The lowest BCUT2D eigenvalue weighted by Crippen LogP contribution is -2.02. The molecule has 0 saturated heterocycles. The second-order valence-electron chi connectivity index (χ2n) is 3.65. The summed E-state index contributed by atoms with van der Waals surface area (Å²) in [5, 5.41) is 10.9. The van der Waals surface area contributed by atoms with Gasteiger partial charge in [0.05, 0.1) is 5.52 Å². The zero-order chi connectivity index (χ0) is 10.8. The van der Waals surface area contributed by atoms with Crippen molar-refractivity contribution in [2.75, 3.05) is 6.54 Å². The van der Waals surface area contributed by atoms with Crippen molar-refractivity contribution in [3.63, 3.8) is 0 Å². The number of para-hydroxylation sites is 1. The molecule has 3 heteroatoms. The van der Waals surface area contributed by atoms with Gasteiger partial charge < -0.3 is 15.4 Å². The molecular weight excluding hydrogens is 188 g/mol. The average molecular weight is 204 g/mol. The first-order valence-electron chi connectivity index (χ1n) is 5.27. The fraction of sp³-hybridized carbons (Fsp3) is 0.333. The van der Waals surface area contributed by atoms with Gasteiger partial charge in [-0.05, 0) is 31.5 Å². The van der Waals surface area contributed by atoms with Gasteiger partial charge in [-0.2, -0.15) is 0 Å². The molecule has 0 unspecified atom stereocenters. The summed E-state index contributed by atoms with van der Waals surface area (Å²) in [6.07, 6.45) is 2.93. The van der Waals surface area contributed by atoms with E-state index in [-0.39, 0.29) is 0 Å². The molecule has 80 valence electrons. The SMILES string of the molecule is CCn1cc(CCN)c2cccc(O)c21. The lowest BCUT2D eigenvalue weighted by Gasteiger charge is -2.01. The van der Waals surface area contributed by atoms with E-state index in [9.17, 15) is 5.11 Å². The molecule has 0 saturated carbocycles. The summed E-state index contributed by atoms with van der Waals surface area (Å²) in [5.74, 6) is 0.345. The minimum Gasteiger partial charge on any atom is -0.506 e. The van der Waals surface area contributed by atoms with E-state index in [1.165, 1.54) is 5.56 Å². The van der Waals surface area contributed by atoms with Gasteiger partial charge in [0.1, 0.15) is 5.75 Å². The Bertz CT molecular complexity index is 474. The standard InChI is InChI=1S/C12H16N2O/c1-2-14-8-9(6-7-13)10-4-3-5-11(15)12(10)14/h3-5,8,15H,2,6-7,13H2,1H3. The van der Waals surface area contributed by atoms with Gasteiger partial charge in [-0.25, -0.2) is 0 Å². The highest BCUT2D eigenvalue weighted by molar-refractivity contribution is 5.88. The first-order chi connectivity index (χ1) is 7.27. The van der Waals surface area contributed by atoms with Crippen LogP contribution in [0.15, 0.2) is 24.4 Å². The van der Waals surface area contributed by atoms with Crippen LogP contribution < -0.4 is 5.73 Å². The number of aromatic nitrogens is 1. The minimum absolute atomic E-state index is 0.345. The predicted octanol–water partition coefficient (Wildman–Crippen LogP) is 1.87. The number of phenolic OH excluding ortho intramolecular Hbond substituents is 1. The molecular formula is C12H16N2O. The number of hydrogen-bond acceptors (Lipinski definition) is 2. The Balaban J connectivity index is 2.69. The van der Waals surface area contributed by atoms with Crippen LogP contribution in [0.2, 0.25) is 0 Å². The maximum atomic E-state index is 9.81. The largest absolute Gasteiger partial charge is 0.506 e. The van der Waals surface area contributed by atoms with Crippen molar-refractivity contribution < 1.29 is 5.11 Å². The molecule has 0 aliphatic carbocycles. The van der Waals surface area contributed by atoms with Crippen LogP contribution in [0.4, 0.5) is 0 Å². The quantitative estimate of drug-likeness (QED) is 0.801. The Morgan fingerprint density at radius 1 is 1.40 bits per heavy atom. The lowest BCUT2D eigenvalue weighted by atomic mass is 10.1. The maximum Gasteiger partial charge on any atom is 0.139 e. The van der Waals surface area contributed by atoms with Crippen LogP contribution in [-0.2, 0) is 13.0 Å². The van der Waals surface area contributed by atoms with Crippen LogP contribution in [0.1, 0.15) is 12.5 Å². The molecule has 0 aliphatic heterocycles. The van der Waals surface area contributed by atoms with E-state index in [0.717, 1.165) is 23.9 Å². The summed E-state index contributed by atoms with van der Waals surface area (Å²) in [5.41, 5.74) is 7.70. The normalized spacial score (nSPS) is 11.1. The van der Waals surface area contributed by atoms with Crippen molar-refractivity contribution in [1.29, 1.82) is 0 Å². The number of aromatic hydroxyl groups is 1. The van der Waals surface area contributed by atoms with E-state index in [1.54, 1.807) is 6.07 Å². The molecule has 1 aromatic carbocycles. The van der Waals surface area contributed by atoms with Crippen LogP contribution in [-0.4, -0.2) is 16.2 Å². The summed E-state index contributed by atoms with van der Waals surface area (Å²) in [4.78, 5) is 0. The fourth-order valence-electron chi connectivity index (χ4n) is 2.02. The van der Waals surface area contributed by atoms with Gasteiger partial charge in [0.15, 0.2) is 0 Å². The highest BCUT2D eigenvalue weighted by Gasteiger charge is 2.09. The number of fused-ring (bicyclic) bond motifs is 1. The van der Waals surface area contributed by atoms with Crippen LogP contribution in [0.3, 0.4) is 0 Å². The number of aryl methyl sites for hydroxylation is 1. The van der Waals surface area contributed by atoms with Crippen molar-refractivity contribution in [1.82, 2.24) is 4.57 Å². The Hall–Kier alpha value is -1.48. The third-order valence-electron chi connectivity index (χ3n) is 2.71. The van der Waals surface area contributed by atoms with Crippen LogP contribution in [0.25, 0.3) is 10.9 Å². The molecule has 0 radical (unpaired) electrons. The van der Waals surface area contributed by atoms with E-state index in [0.29, 0.717) is 12.3 Å². The molecule has 0 amide bonds. The summed E-state index contributed by atoms with van der Waals surface area (Å²) < 4.78 is 2.07. The van der Waals surface area contributed by atoms with Crippen molar-refractivity contribution in [2.45, 2.75) is 19.9 Å². The topological polar surface area (TPSA) is 51.2 Å². The van der Waals surface area contributed by atoms with Gasteiger partial charge in [-0.3, -0.25) is 0 Å². The van der Waals surface area contributed by atoms with Crippen molar-refractivity contribution in [3.8, 4) is 5.75 Å². The fourth-order valence-corrected chi connectivity index (χ4v) is 2.02. The van der Waals surface area contributed by atoms with Gasteiger partial charge in [0, 0.05) is 18.1 Å². The average Bonchev–Trinajstić information content (AvgIpc) is 2.59. The molecule has 0 aliphatic rings. The highest BCUT2D eigenvalue weighted by Crippen LogP contribution is 2.29. The first kappa shape index (κ1) is 10.1. The molecule has 0 bridgehead atoms. The zero-order valence-corrected chi connectivity index (χ0v) is 8.90. The first-order valence-corrected chi connectivity index (χ1v) is 5.27. The lowest BCUT2D eigenvalue weighted by molar-refractivity contribution is 0.478. The van der Waals surface area contributed by atoms with E-state index < -0.39 is 0 Å². The molecule has 3 nitrogen and oxygen atoms in total. The van der Waals surface area contributed by atoms with E-state index >= 15 is 0 Å². The van der Waals surface area contributed by atoms with Crippen LogP contribution in [0, 0.1) is 0 Å². The van der Waals surface area contributed by atoms with Crippen molar-refractivity contribution in [3.05, 3.63) is 30.0 Å². The Morgan fingerprint density at radius 3 is 2.87 bits per heavy atom. The summed E-state index contributed by atoms with van der Waals surface area (Å²) >= 11 is 0. The highest BCUT2D eigenvalue weighted by atomic mass is 16.3. The molecule has 0 atom stereocenters. The number of phenols is 1. The van der Waals surface area contributed by atoms with Gasteiger partial charge >= 0.3 is 0 Å². The zero-order valence-electron chi connectivity index (χ0n) is 8.90. The number of nitrogens with zero attached hydrogens (tertiary/aromatic N) is 1. The van der Waals surface area contributed by atoms with Gasteiger partial charge in [-0.15, -0.1) is 0 Å². The van der Waals surface area contributed by atoms with E-state index in [1.807, 2.05) is 12.1 Å². The monoisotopic (exact) mass is 204 g/mol.